The van der Waals surface area contributed by atoms with Crippen LogP contribution in [0.2, 0.25) is 0 Å². The highest BCUT2D eigenvalue weighted by Crippen LogP contribution is 2.23. The SMILES string of the molecule is N=C(N)c1ccc(CC(=O)C(=O)O)c(OC[C@@H](CCC(=O)O)NC(=O)c2cccc(NC(=O)c3ccccc3)c2)c1.O=C(O)C(F)(F)F. The number of carboxylic acid groups (broad SMARTS) is 3. The number of carbonyl (C=O) groups excluding carboxylic acids is 3. The average Bonchev–Trinajstić information content (AvgIpc) is 3.02. The number of nitrogen functional groups attached to an aromatic ring is 1. The number of nitrogens with one attached hydrogen (secondary N) is 3. The second-order valence-electron chi connectivity index (χ2n) is 9.76. The van der Waals surface area contributed by atoms with Crippen molar-refractivity contribution in [2.45, 2.75) is 31.5 Å². The number of carbonyl (C=O) groups is 6. The van der Waals surface area contributed by atoms with Crippen LogP contribution in [0.1, 0.15) is 44.7 Å². The van der Waals surface area contributed by atoms with Crippen molar-refractivity contribution < 1.29 is 62.0 Å². The van der Waals surface area contributed by atoms with Crippen molar-refractivity contribution in [2.75, 3.05) is 11.9 Å². The molecule has 14 nitrogen and oxygen atoms in total. The fraction of sp³-hybridized carbons (Fsp3) is 0.194. The Bertz CT molecular complexity index is 1680. The highest BCUT2D eigenvalue weighted by Gasteiger charge is 2.38. The molecule has 0 aromatic heterocycles. The summed E-state index contributed by atoms with van der Waals surface area (Å²) in [6.07, 6.45) is -5.88. The van der Waals surface area contributed by atoms with Gasteiger partial charge in [0.25, 0.3) is 11.8 Å². The van der Waals surface area contributed by atoms with Gasteiger partial charge in [-0.05, 0) is 42.8 Å². The van der Waals surface area contributed by atoms with Gasteiger partial charge in [0.2, 0.25) is 5.78 Å². The highest BCUT2D eigenvalue weighted by molar-refractivity contribution is 6.33. The zero-order valence-electron chi connectivity index (χ0n) is 24.7. The van der Waals surface area contributed by atoms with Crippen LogP contribution in [-0.4, -0.2) is 75.5 Å². The van der Waals surface area contributed by atoms with E-state index in [1.54, 1.807) is 42.5 Å². The van der Waals surface area contributed by atoms with E-state index < -0.39 is 48.2 Å². The predicted molar refractivity (Wildman–Crippen MR) is 162 cm³/mol. The van der Waals surface area contributed by atoms with Gasteiger partial charge in [0.1, 0.15) is 18.2 Å². The molecular weight excluding hydrogens is 645 g/mol. The Morgan fingerprint density at radius 2 is 1.46 bits per heavy atom. The highest BCUT2D eigenvalue weighted by atomic mass is 19.4. The molecule has 0 saturated carbocycles. The number of carboxylic acids is 3. The number of amides is 2. The van der Waals surface area contributed by atoms with Crippen molar-refractivity contribution in [1.82, 2.24) is 5.32 Å². The third kappa shape index (κ3) is 12.6. The Labute approximate surface area is 269 Å². The molecule has 3 aromatic rings. The van der Waals surface area contributed by atoms with Crippen LogP contribution >= 0.6 is 0 Å². The van der Waals surface area contributed by atoms with Crippen LogP contribution in [0.15, 0.2) is 72.8 Å². The minimum Gasteiger partial charge on any atom is -0.491 e. The molecule has 3 aromatic carbocycles. The maximum absolute atomic E-state index is 13.1. The van der Waals surface area contributed by atoms with Gasteiger partial charge in [0.15, 0.2) is 0 Å². The van der Waals surface area contributed by atoms with Crippen molar-refractivity contribution >= 4 is 47.0 Å². The first-order valence-corrected chi connectivity index (χ1v) is 13.6. The summed E-state index contributed by atoms with van der Waals surface area (Å²) in [4.78, 5) is 68.5. The molecule has 0 spiro atoms. The summed E-state index contributed by atoms with van der Waals surface area (Å²) in [5.74, 6) is -7.71. The minimum absolute atomic E-state index is 0.0126. The maximum atomic E-state index is 13.1. The van der Waals surface area contributed by atoms with E-state index in [0.717, 1.165) is 0 Å². The van der Waals surface area contributed by atoms with E-state index in [0.29, 0.717) is 11.3 Å². The summed E-state index contributed by atoms with van der Waals surface area (Å²) in [5, 5.41) is 38.4. The lowest BCUT2D eigenvalue weighted by Crippen LogP contribution is -2.39. The smallest absolute Gasteiger partial charge is 0.490 e. The Kier molecular flexibility index (Phi) is 13.8. The molecule has 0 aliphatic rings. The summed E-state index contributed by atoms with van der Waals surface area (Å²) in [6, 6.07) is 18.1. The molecule has 254 valence electrons. The van der Waals surface area contributed by atoms with Gasteiger partial charge in [-0.15, -0.1) is 0 Å². The van der Waals surface area contributed by atoms with Crippen LogP contribution in [-0.2, 0) is 25.6 Å². The number of alkyl halides is 3. The van der Waals surface area contributed by atoms with Gasteiger partial charge in [-0.3, -0.25) is 24.6 Å². The van der Waals surface area contributed by atoms with E-state index in [4.69, 9.17) is 30.9 Å². The van der Waals surface area contributed by atoms with Gasteiger partial charge in [-0.1, -0.05) is 36.4 Å². The zero-order valence-corrected chi connectivity index (χ0v) is 24.7. The van der Waals surface area contributed by atoms with E-state index in [1.807, 2.05) is 0 Å². The fourth-order valence-corrected chi connectivity index (χ4v) is 3.74. The van der Waals surface area contributed by atoms with Crippen molar-refractivity contribution in [1.29, 1.82) is 5.41 Å². The molecule has 0 radical (unpaired) electrons. The summed E-state index contributed by atoms with van der Waals surface area (Å²) in [7, 11) is 0. The van der Waals surface area contributed by atoms with Crippen LogP contribution in [0.5, 0.6) is 5.75 Å². The van der Waals surface area contributed by atoms with Gasteiger partial charge >= 0.3 is 24.1 Å². The Morgan fingerprint density at radius 1 is 0.833 bits per heavy atom. The maximum Gasteiger partial charge on any atom is 0.490 e. The normalized spacial score (nSPS) is 11.1. The number of halogens is 3. The number of rotatable bonds is 14. The van der Waals surface area contributed by atoms with E-state index in [-0.39, 0.29) is 53.6 Å². The predicted octanol–water partition coefficient (Wildman–Crippen LogP) is 3.09. The van der Waals surface area contributed by atoms with E-state index >= 15 is 0 Å². The van der Waals surface area contributed by atoms with Gasteiger partial charge in [0, 0.05) is 40.8 Å². The molecule has 0 bridgehead atoms. The molecule has 0 aliphatic carbocycles. The van der Waals surface area contributed by atoms with E-state index in [2.05, 4.69) is 10.6 Å². The third-order valence-corrected chi connectivity index (χ3v) is 6.11. The average molecular weight is 675 g/mol. The molecule has 8 N–H and O–H groups in total. The van der Waals surface area contributed by atoms with Gasteiger partial charge in [-0.2, -0.15) is 13.2 Å². The molecular formula is C31H29F3N4O10. The number of ether oxygens (including phenoxy) is 1. The topological polar surface area (TPSA) is 246 Å². The van der Waals surface area contributed by atoms with Crippen molar-refractivity contribution in [3.05, 3.63) is 95.1 Å². The second-order valence-corrected chi connectivity index (χ2v) is 9.76. The molecule has 2 amide bonds. The molecule has 0 unspecified atom stereocenters. The fourth-order valence-electron chi connectivity index (χ4n) is 3.74. The van der Waals surface area contributed by atoms with Crippen LogP contribution < -0.4 is 21.1 Å². The first kappa shape index (κ1) is 37.9. The molecule has 17 heteroatoms. The van der Waals surface area contributed by atoms with Crippen LogP contribution in [0, 0.1) is 5.41 Å². The van der Waals surface area contributed by atoms with E-state index in [9.17, 15) is 42.3 Å². The number of hydrogen-bond acceptors (Lipinski definition) is 8. The van der Waals surface area contributed by atoms with Gasteiger partial charge < -0.3 is 36.4 Å². The Balaban J connectivity index is 0.00000103. The summed E-state index contributed by atoms with van der Waals surface area (Å²) in [5.41, 5.74) is 7.02. The Hall–Kier alpha value is -6.26. The molecule has 3 rings (SSSR count). The number of anilines is 1. The molecule has 0 fully saturated rings. The molecule has 1 atom stereocenters. The van der Waals surface area contributed by atoms with Crippen LogP contribution in [0.25, 0.3) is 0 Å². The largest absolute Gasteiger partial charge is 0.491 e. The van der Waals surface area contributed by atoms with Gasteiger partial charge in [-0.25, -0.2) is 9.59 Å². The standard InChI is InChI=1S/C29H28N4O8.C2HF3O2/c30-26(31)19-10-9-18(14-23(34)29(39)40)24(15-19)41-16-22(11-12-25(35)36)33-28(38)20-7-4-8-21(13-20)32-27(37)17-5-2-1-3-6-17;3-2(4,5)1(6)7/h1-10,13,15,22H,11-12,14,16H2,(H3,30,31)(H,32,37)(H,33,38)(H,35,36)(H,39,40);(H,6,7)/t22-;/m1./s1. The lowest BCUT2D eigenvalue weighted by Gasteiger charge is -2.20. The number of aliphatic carboxylic acids is 3. The first-order valence-electron chi connectivity index (χ1n) is 13.6. The van der Waals surface area contributed by atoms with Gasteiger partial charge in [0.05, 0.1) is 6.04 Å². The van der Waals surface area contributed by atoms with Crippen LogP contribution in [0.4, 0.5) is 18.9 Å². The van der Waals surface area contributed by atoms with E-state index in [1.165, 1.54) is 30.3 Å². The van der Waals surface area contributed by atoms with Crippen molar-refractivity contribution in [2.24, 2.45) is 5.73 Å². The minimum atomic E-state index is -5.08. The lowest BCUT2D eigenvalue weighted by atomic mass is 10.0. The van der Waals surface area contributed by atoms with Crippen molar-refractivity contribution in [3.63, 3.8) is 0 Å². The zero-order chi connectivity index (χ0) is 36.0. The second kappa shape index (κ2) is 17.4. The number of amidine groups is 1. The summed E-state index contributed by atoms with van der Waals surface area (Å²) < 4.78 is 37.5. The molecule has 0 aliphatic heterocycles. The third-order valence-electron chi connectivity index (χ3n) is 6.11. The number of hydrogen-bond donors (Lipinski definition) is 7. The van der Waals surface area contributed by atoms with Crippen LogP contribution in [0.3, 0.4) is 0 Å². The first-order chi connectivity index (χ1) is 22.5. The molecule has 0 heterocycles. The summed E-state index contributed by atoms with van der Waals surface area (Å²) >= 11 is 0. The monoisotopic (exact) mass is 674 g/mol. The number of ketones is 1. The lowest BCUT2D eigenvalue weighted by molar-refractivity contribution is -0.192. The number of Topliss-reactive ketones (excluding diaryl/α,β-unsaturated/α-hetero) is 1. The quantitative estimate of drug-likeness (QED) is 0.0744. The molecule has 0 saturated heterocycles. The number of benzene rings is 3. The van der Waals surface area contributed by atoms with Crippen molar-refractivity contribution in [3.8, 4) is 5.75 Å². The molecule has 48 heavy (non-hydrogen) atoms. The number of nitrogens with two attached hydrogens (primary N) is 1. The Morgan fingerprint density at radius 3 is 2.02 bits per heavy atom. The summed E-state index contributed by atoms with van der Waals surface area (Å²) in [6.45, 7) is -0.237.